The number of ketones is 1. The van der Waals surface area contributed by atoms with Crippen molar-refractivity contribution in [2.75, 3.05) is 33.5 Å². The summed E-state index contributed by atoms with van der Waals surface area (Å²) >= 11 is 0. The normalized spacial score (nSPS) is 20.2. The largest absolute Gasteiger partial charge is 0.490 e. The summed E-state index contributed by atoms with van der Waals surface area (Å²) in [4.78, 5) is 15.3. The summed E-state index contributed by atoms with van der Waals surface area (Å²) in [7, 11) is 1.62. The highest BCUT2D eigenvalue weighted by Crippen LogP contribution is 2.49. The van der Waals surface area contributed by atoms with Crippen LogP contribution in [0.25, 0.3) is 0 Å². The van der Waals surface area contributed by atoms with Crippen molar-refractivity contribution in [1.29, 1.82) is 5.26 Å². The first-order valence-electron chi connectivity index (χ1n) is 11.1. The van der Waals surface area contributed by atoms with E-state index in [1.54, 1.807) is 7.11 Å². The molecule has 1 aliphatic heterocycles. The van der Waals surface area contributed by atoms with Crippen LogP contribution in [0.4, 0.5) is 0 Å². The lowest BCUT2D eigenvalue weighted by Crippen LogP contribution is -2.43. The van der Waals surface area contributed by atoms with Gasteiger partial charge in [-0.3, -0.25) is 4.79 Å². The van der Waals surface area contributed by atoms with Crippen LogP contribution in [-0.2, 0) is 9.53 Å². The molecular formula is C25H33N3O4. The number of nitriles is 1. The van der Waals surface area contributed by atoms with Gasteiger partial charge in [0.2, 0.25) is 0 Å². The molecule has 0 saturated heterocycles. The third-order valence-electron chi connectivity index (χ3n) is 5.91. The van der Waals surface area contributed by atoms with Crippen LogP contribution in [0, 0.1) is 16.7 Å². The second kappa shape index (κ2) is 9.66. The van der Waals surface area contributed by atoms with Crippen LogP contribution < -0.4 is 15.2 Å². The molecule has 2 N–H and O–H groups in total. The summed E-state index contributed by atoms with van der Waals surface area (Å²) in [6.07, 6.45) is 1.12. The van der Waals surface area contributed by atoms with Crippen LogP contribution in [0.3, 0.4) is 0 Å². The van der Waals surface area contributed by atoms with Gasteiger partial charge in [0, 0.05) is 31.3 Å². The van der Waals surface area contributed by atoms with Crippen molar-refractivity contribution in [2.24, 2.45) is 11.1 Å². The van der Waals surface area contributed by atoms with Crippen LogP contribution in [0.2, 0.25) is 0 Å². The summed E-state index contributed by atoms with van der Waals surface area (Å²) in [5.74, 6) is 1.13. The first kappa shape index (κ1) is 23.7. The molecule has 32 heavy (non-hydrogen) atoms. The van der Waals surface area contributed by atoms with Crippen molar-refractivity contribution in [2.45, 2.75) is 46.5 Å². The van der Waals surface area contributed by atoms with E-state index in [1.165, 1.54) is 0 Å². The highest BCUT2D eigenvalue weighted by molar-refractivity contribution is 6.00. The molecule has 0 bridgehead atoms. The highest BCUT2D eigenvalue weighted by atomic mass is 16.5. The first-order chi connectivity index (χ1) is 15.3. The quantitative estimate of drug-likeness (QED) is 0.657. The Morgan fingerprint density at radius 3 is 2.50 bits per heavy atom. The first-order valence-corrected chi connectivity index (χ1v) is 11.1. The molecule has 1 aromatic rings. The van der Waals surface area contributed by atoms with Gasteiger partial charge in [-0.2, -0.15) is 5.26 Å². The molecule has 1 aliphatic carbocycles. The number of rotatable bonds is 8. The Morgan fingerprint density at radius 2 is 1.88 bits per heavy atom. The van der Waals surface area contributed by atoms with Gasteiger partial charge < -0.3 is 24.8 Å². The smallest absolute Gasteiger partial charge is 0.162 e. The minimum absolute atomic E-state index is 0.0516. The number of nitrogens with two attached hydrogens (primary N) is 1. The molecule has 1 atom stereocenters. The number of allylic oxidation sites excluding steroid dienone is 3. The van der Waals surface area contributed by atoms with E-state index < -0.39 is 5.92 Å². The third-order valence-corrected chi connectivity index (χ3v) is 5.91. The van der Waals surface area contributed by atoms with E-state index in [0.717, 1.165) is 11.3 Å². The molecule has 1 heterocycles. The van der Waals surface area contributed by atoms with E-state index >= 15 is 0 Å². The number of methoxy groups -OCH3 is 1. The number of hydrogen-bond donors (Lipinski definition) is 1. The van der Waals surface area contributed by atoms with E-state index in [0.29, 0.717) is 67.7 Å². The van der Waals surface area contributed by atoms with Gasteiger partial charge >= 0.3 is 0 Å². The number of carbonyl (C=O) groups is 1. The number of hydrogen-bond acceptors (Lipinski definition) is 7. The van der Waals surface area contributed by atoms with Gasteiger partial charge in [-0.1, -0.05) is 19.9 Å². The van der Waals surface area contributed by atoms with E-state index in [-0.39, 0.29) is 11.2 Å². The maximum Gasteiger partial charge on any atom is 0.162 e. The summed E-state index contributed by atoms with van der Waals surface area (Å²) in [6, 6.07) is 7.89. The molecule has 0 fully saturated rings. The topological polar surface area (TPSA) is 97.8 Å². The van der Waals surface area contributed by atoms with Gasteiger partial charge in [0.1, 0.15) is 5.82 Å². The van der Waals surface area contributed by atoms with Crippen molar-refractivity contribution in [3.8, 4) is 17.6 Å². The van der Waals surface area contributed by atoms with Crippen molar-refractivity contribution in [3.63, 3.8) is 0 Å². The molecule has 0 amide bonds. The average Bonchev–Trinajstić information content (AvgIpc) is 2.73. The van der Waals surface area contributed by atoms with E-state index in [2.05, 4.69) is 19.9 Å². The summed E-state index contributed by atoms with van der Waals surface area (Å²) in [5.41, 5.74) is 9.06. The zero-order valence-electron chi connectivity index (χ0n) is 19.7. The molecule has 0 aromatic heterocycles. The van der Waals surface area contributed by atoms with Gasteiger partial charge in [0.05, 0.1) is 37.4 Å². The lowest BCUT2D eigenvalue weighted by atomic mass is 9.68. The lowest BCUT2D eigenvalue weighted by Gasteiger charge is -2.43. The number of Topliss-reactive ketones (excluding diaryl/α,β-unsaturated/α-hetero) is 1. The molecule has 7 heteroatoms. The molecule has 0 spiro atoms. The molecule has 0 radical (unpaired) electrons. The highest BCUT2D eigenvalue weighted by Gasteiger charge is 2.44. The summed E-state index contributed by atoms with van der Waals surface area (Å²) in [5, 5.41) is 10.1. The maximum atomic E-state index is 13.5. The zero-order chi connectivity index (χ0) is 23.5. The van der Waals surface area contributed by atoms with Crippen LogP contribution in [-0.4, -0.2) is 44.2 Å². The Kier molecular flexibility index (Phi) is 7.15. The fourth-order valence-electron chi connectivity index (χ4n) is 4.59. The monoisotopic (exact) mass is 439 g/mol. The molecule has 172 valence electrons. The molecular weight excluding hydrogens is 406 g/mol. The Labute approximate surface area is 190 Å². The van der Waals surface area contributed by atoms with Crippen molar-refractivity contribution in [3.05, 3.63) is 46.4 Å². The standard InChI is InChI=1S/C25H33N3O4/c1-6-31-20-9-8-16(12-21(20)32-7-2)22-17(15-26)24(27)28(10-11-30-5)18-13-25(3,4)14-19(29)23(18)22/h8-9,12,22H,6-7,10-11,13-14,27H2,1-5H3/t22-/m1/s1. The minimum atomic E-state index is -0.535. The Morgan fingerprint density at radius 1 is 1.19 bits per heavy atom. The predicted octanol–water partition coefficient (Wildman–Crippen LogP) is 3.87. The van der Waals surface area contributed by atoms with Gasteiger partial charge in [0.25, 0.3) is 0 Å². The molecule has 0 saturated carbocycles. The van der Waals surface area contributed by atoms with Gasteiger partial charge in [-0.05, 0) is 43.4 Å². The molecule has 0 unspecified atom stereocenters. The third kappa shape index (κ3) is 4.46. The zero-order valence-corrected chi connectivity index (χ0v) is 19.7. The molecule has 7 nitrogen and oxygen atoms in total. The van der Waals surface area contributed by atoms with Gasteiger partial charge in [-0.25, -0.2) is 0 Å². The lowest BCUT2D eigenvalue weighted by molar-refractivity contribution is -0.118. The van der Waals surface area contributed by atoms with E-state index in [1.807, 2.05) is 36.9 Å². The van der Waals surface area contributed by atoms with Gasteiger partial charge in [0.15, 0.2) is 17.3 Å². The summed E-state index contributed by atoms with van der Waals surface area (Å²) in [6.45, 7) is 9.89. The van der Waals surface area contributed by atoms with Crippen molar-refractivity contribution < 1.29 is 19.0 Å². The fourth-order valence-corrected chi connectivity index (χ4v) is 4.59. The van der Waals surface area contributed by atoms with E-state index in [4.69, 9.17) is 19.9 Å². The Balaban J connectivity index is 2.20. The summed E-state index contributed by atoms with van der Waals surface area (Å²) < 4.78 is 16.8. The van der Waals surface area contributed by atoms with Crippen LogP contribution >= 0.6 is 0 Å². The minimum Gasteiger partial charge on any atom is -0.490 e. The number of benzene rings is 1. The maximum absolute atomic E-state index is 13.5. The average molecular weight is 440 g/mol. The van der Waals surface area contributed by atoms with Gasteiger partial charge in [-0.15, -0.1) is 0 Å². The number of ether oxygens (including phenoxy) is 3. The SMILES string of the molecule is CCOc1ccc([C@@H]2C(C#N)=C(N)N(CCOC)C3=C2C(=O)CC(C)(C)C3)cc1OCC. The van der Waals surface area contributed by atoms with E-state index in [9.17, 15) is 10.1 Å². The van der Waals surface area contributed by atoms with Crippen molar-refractivity contribution >= 4 is 5.78 Å². The fraction of sp³-hybridized carbons (Fsp3) is 0.520. The van der Waals surface area contributed by atoms with Crippen molar-refractivity contribution in [1.82, 2.24) is 4.90 Å². The Bertz CT molecular complexity index is 987. The Hall–Kier alpha value is -2.98. The predicted molar refractivity (Wildman–Crippen MR) is 122 cm³/mol. The number of nitrogens with zero attached hydrogens (tertiary/aromatic N) is 2. The second-order valence-corrected chi connectivity index (χ2v) is 8.86. The molecule has 1 aromatic carbocycles. The second-order valence-electron chi connectivity index (χ2n) is 8.86. The van der Waals surface area contributed by atoms with Crippen LogP contribution in [0.1, 0.15) is 52.0 Å². The molecule has 3 rings (SSSR count). The number of carbonyl (C=O) groups excluding carboxylic acids is 1. The van der Waals surface area contributed by atoms with Crippen LogP contribution in [0.5, 0.6) is 11.5 Å². The van der Waals surface area contributed by atoms with Crippen LogP contribution in [0.15, 0.2) is 40.9 Å². The molecule has 2 aliphatic rings.